The largest absolute Gasteiger partial charge is 0.497 e. The number of amides is 1. The third kappa shape index (κ3) is 5.17. The third-order valence-corrected chi connectivity index (χ3v) is 7.48. The molecule has 0 spiro atoms. The lowest BCUT2D eigenvalue weighted by Gasteiger charge is -2.33. The quantitative estimate of drug-likeness (QED) is 0.680. The van der Waals surface area contributed by atoms with Crippen LogP contribution in [-0.2, 0) is 10.0 Å². The van der Waals surface area contributed by atoms with Crippen LogP contribution in [0.4, 0.5) is 18.9 Å². The number of benzene rings is 2. The standard InChI is InChI=1S/C22H25F3N2O4S/c1-27(16-10-12-17(31-2)13-11-16)32(29,30)18-7-5-6-15(14-18)21(28)26-20-9-4-3-8-19(20)22(23,24)25/h5-7,10-14,19-20H,3-4,8-9H2,1-2H3,(H,26,28). The summed E-state index contributed by atoms with van der Waals surface area (Å²) in [6, 6.07) is 10.7. The molecule has 6 nitrogen and oxygen atoms in total. The molecule has 0 aliphatic heterocycles. The lowest BCUT2D eigenvalue weighted by molar-refractivity contribution is -0.187. The summed E-state index contributed by atoms with van der Waals surface area (Å²) in [5.41, 5.74) is 0.372. The molecule has 174 valence electrons. The molecule has 0 bridgehead atoms. The number of halogens is 3. The lowest BCUT2D eigenvalue weighted by Crippen LogP contribution is -2.47. The van der Waals surface area contributed by atoms with Gasteiger partial charge in [-0.3, -0.25) is 9.10 Å². The zero-order valence-electron chi connectivity index (χ0n) is 17.7. The number of rotatable bonds is 6. The van der Waals surface area contributed by atoms with Crippen molar-refractivity contribution in [2.45, 2.75) is 42.8 Å². The van der Waals surface area contributed by atoms with Crippen LogP contribution in [-0.4, -0.2) is 40.7 Å². The van der Waals surface area contributed by atoms with Crippen LogP contribution in [0, 0.1) is 5.92 Å². The highest BCUT2D eigenvalue weighted by molar-refractivity contribution is 7.92. The second-order valence-corrected chi connectivity index (χ2v) is 9.68. The van der Waals surface area contributed by atoms with Gasteiger partial charge in [0.25, 0.3) is 15.9 Å². The smallest absolute Gasteiger partial charge is 0.393 e. The predicted octanol–water partition coefficient (Wildman–Crippen LogP) is 4.37. The second-order valence-electron chi connectivity index (χ2n) is 7.71. The summed E-state index contributed by atoms with van der Waals surface area (Å²) in [4.78, 5) is 12.5. The number of hydrogen-bond acceptors (Lipinski definition) is 4. The minimum Gasteiger partial charge on any atom is -0.497 e. The highest BCUT2D eigenvalue weighted by Gasteiger charge is 2.46. The molecule has 1 amide bonds. The lowest BCUT2D eigenvalue weighted by atomic mass is 9.84. The number of ether oxygens (including phenoxy) is 1. The van der Waals surface area contributed by atoms with Crippen molar-refractivity contribution in [3.8, 4) is 5.75 Å². The van der Waals surface area contributed by atoms with Gasteiger partial charge in [0.2, 0.25) is 0 Å². The molecule has 1 saturated carbocycles. The van der Waals surface area contributed by atoms with Crippen LogP contribution in [0.3, 0.4) is 0 Å². The summed E-state index contributed by atoms with van der Waals surface area (Å²) in [7, 11) is -1.13. The normalized spacial score (nSPS) is 19.3. The first-order valence-electron chi connectivity index (χ1n) is 10.1. The minimum absolute atomic E-state index is 0.0132. The van der Waals surface area contributed by atoms with Crippen LogP contribution in [0.15, 0.2) is 53.4 Å². The Morgan fingerprint density at radius 2 is 1.75 bits per heavy atom. The van der Waals surface area contributed by atoms with Gasteiger partial charge >= 0.3 is 6.18 Å². The molecule has 2 atom stereocenters. The Kier molecular flexibility index (Phi) is 7.02. The molecule has 0 heterocycles. The van der Waals surface area contributed by atoms with Crippen molar-refractivity contribution < 1.29 is 31.1 Å². The number of hydrogen-bond donors (Lipinski definition) is 1. The highest BCUT2D eigenvalue weighted by atomic mass is 32.2. The zero-order valence-corrected chi connectivity index (χ0v) is 18.5. The van der Waals surface area contributed by atoms with E-state index in [9.17, 15) is 26.4 Å². The molecular formula is C22H25F3N2O4S. The number of nitrogens with zero attached hydrogens (tertiary/aromatic N) is 1. The Balaban J connectivity index is 1.81. The van der Waals surface area contributed by atoms with Crippen molar-refractivity contribution >= 4 is 21.6 Å². The average Bonchev–Trinajstić information content (AvgIpc) is 2.78. The Hall–Kier alpha value is -2.75. The van der Waals surface area contributed by atoms with Crippen LogP contribution in [0.25, 0.3) is 0 Å². The molecule has 1 aliphatic carbocycles. The van der Waals surface area contributed by atoms with Crippen LogP contribution in [0.2, 0.25) is 0 Å². The van der Waals surface area contributed by atoms with Gasteiger partial charge in [-0.1, -0.05) is 18.9 Å². The topological polar surface area (TPSA) is 75.7 Å². The van der Waals surface area contributed by atoms with Gasteiger partial charge in [-0.25, -0.2) is 8.42 Å². The van der Waals surface area contributed by atoms with E-state index in [0.717, 1.165) is 4.31 Å². The maximum atomic E-state index is 13.3. The molecule has 1 N–H and O–H groups in total. The van der Waals surface area contributed by atoms with Gasteiger partial charge in [-0.15, -0.1) is 0 Å². The van der Waals surface area contributed by atoms with Gasteiger partial charge < -0.3 is 10.1 Å². The van der Waals surface area contributed by atoms with Gasteiger partial charge in [-0.05, 0) is 55.3 Å². The van der Waals surface area contributed by atoms with Crippen molar-refractivity contribution in [3.05, 3.63) is 54.1 Å². The molecule has 0 radical (unpaired) electrons. The second kappa shape index (κ2) is 9.40. The van der Waals surface area contributed by atoms with Crippen molar-refractivity contribution in [2.24, 2.45) is 5.92 Å². The third-order valence-electron chi connectivity index (χ3n) is 5.69. The van der Waals surface area contributed by atoms with E-state index in [1.54, 1.807) is 24.3 Å². The van der Waals surface area contributed by atoms with E-state index < -0.39 is 34.1 Å². The van der Waals surface area contributed by atoms with E-state index in [1.807, 2.05) is 0 Å². The van der Waals surface area contributed by atoms with E-state index in [4.69, 9.17) is 4.74 Å². The van der Waals surface area contributed by atoms with Crippen LogP contribution >= 0.6 is 0 Å². The number of alkyl halides is 3. The molecule has 3 rings (SSSR count). The van der Waals surface area contributed by atoms with Crippen LogP contribution in [0.5, 0.6) is 5.75 Å². The fourth-order valence-electron chi connectivity index (χ4n) is 3.83. The van der Waals surface area contributed by atoms with E-state index in [2.05, 4.69) is 5.32 Å². The molecule has 2 unspecified atom stereocenters. The number of carbonyl (C=O) groups excluding carboxylic acids is 1. The fraction of sp³-hybridized carbons (Fsp3) is 0.409. The molecule has 0 saturated heterocycles. The molecule has 32 heavy (non-hydrogen) atoms. The first-order chi connectivity index (χ1) is 15.0. The molecular weight excluding hydrogens is 445 g/mol. The van der Waals surface area contributed by atoms with E-state index >= 15 is 0 Å². The van der Waals surface area contributed by atoms with Crippen LogP contribution in [0.1, 0.15) is 36.0 Å². The minimum atomic E-state index is -4.40. The maximum absolute atomic E-state index is 13.3. The first-order valence-corrected chi connectivity index (χ1v) is 11.6. The van der Waals surface area contributed by atoms with Crippen molar-refractivity contribution in [2.75, 3.05) is 18.5 Å². The maximum Gasteiger partial charge on any atom is 0.393 e. The number of carbonyl (C=O) groups is 1. The van der Waals surface area contributed by atoms with Crippen molar-refractivity contribution in [1.82, 2.24) is 5.32 Å². The molecule has 1 aliphatic rings. The Morgan fingerprint density at radius 3 is 2.38 bits per heavy atom. The van der Waals surface area contributed by atoms with Gasteiger partial charge in [0.15, 0.2) is 0 Å². The summed E-state index contributed by atoms with van der Waals surface area (Å²) >= 11 is 0. The number of methoxy groups -OCH3 is 1. The number of anilines is 1. The molecule has 2 aromatic rings. The van der Waals surface area contributed by atoms with Gasteiger partial charge in [-0.2, -0.15) is 13.2 Å². The van der Waals surface area contributed by atoms with Crippen molar-refractivity contribution in [3.63, 3.8) is 0 Å². The van der Waals surface area contributed by atoms with E-state index in [0.29, 0.717) is 24.3 Å². The Labute approximate surface area is 185 Å². The fourth-order valence-corrected chi connectivity index (χ4v) is 5.08. The average molecular weight is 471 g/mol. The SMILES string of the molecule is COc1ccc(N(C)S(=O)(=O)c2cccc(C(=O)NC3CCCCC3C(F)(F)F)c2)cc1. The highest BCUT2D eigenvalue weighted by Crippen LogP contribution is 2.38. The first kappa shape index (κ1) is 23.9. The summed E-state index contributed by atoms with van der Waals surface area (Å²) in [5, 5.41) is 2.46. The summed E-state index contributed by atoms with van der Waals surface area (Å²) in [5.74, 6) is -1.76. The Morgan fingerprint density at radius 1 is 1.09 bits per heavy atom. The monoisotopic (exact) mass is 470 g/mol. The van der Waals surface area contributed by atoms with Crippen LogP contribution < -0.4 is 14.4 Å². The number of nitrogens with one attached hydrogen (secondary N) is 1. The van der Waals surface area contributed by atoms with Gasteiger partial charge in [0.05, 0.1) is 23.6 Å². The molecule has 0 aromatic heterocycles. The Bertz CT molecular complexity index is 1060. The zero-order chi connectivity index (χ0) is 23.5. The predicted molar refractivity (Wildman–Crippen MR) is 114 cm³/mol. The van der Waals surface area contributed by atoms with E-state index in [1.165, 1.54) is 38.4 Å². The summed E-state index contributed by atoms with van der Waals surface area (Å²) in [6.45, 7) is 0. The molecule has 2 aromatic carbocycles. The molecule has 10 heteroatoms. The molecule has 1 fully saturated rings. The van der Waals surface area contributed by atoms with Gasteiger partial charge in [0.1, 0.15) is 5.75 Å². The summed E-state index contributed by atoms with van der Waals surface area (Å²) in [6.07, 6.45) is -3.14. The summed E-state index contributed by atoms with van der Waals surface area (Å²) < 4.78 is 72.2. The van der Waals surface area contributed by atoms with Crippen molar-refractivity contribution in [1.29, 1.82) is 0 Å². The number of sulfonamides is 1. The van der Waals surface area contributed by atoms with Gasteiger partial charge in [0, 0.05) is 18.7 Å². The van der Waals surface area contributed by atoms with E-state index in [-0.39, 0.29) is 23.3 Å².